The van der Waals surface area contributed by atoms with Crippen molar-refractivity contribution >= 4 is 22.5 Å². The zero-order chi connectivity index (χ0) is 13.5. The summed E-state index contributed by atoms with van der Waals surface area (Å²) in [6.45, 7) is 2.26. The molecule has 0 atom stereocenters. The highest BCUT2D eigenvalue weighted by atomic mass is 35.5. The van der Waals surface area contributed by atoms with Gasteiger partial charge in [0.1, 0.15) is 0 Å². The van der Waals surface area contributed by atoms with E-state index in [0.717, 1.165) is 17.0 Å². The summed E-state index contributed by atoms with van der Waals surface area (Å²) in [4.78, 5) is 4.39. The highest BCUT2D eigenvalue weighted by Crippen LogP contribution is 2.22. The molecule has 0 saturated heterocycles. The second-order valence-electron chi connectivity index (χ2n) is 5.15. The normalized spacial score (nSPS) is 11.1. The van der Waals surface area contributed by atoms with Gasteiger partial charge in [-0.05, 0) is 36.6 Å². The van der Waals surface area contributed by atoms with Gasteiger partial charge in [-0.2, -0.15) is 0 Å². The van der Waals surface area contributed by atoms with Gasteiger partial charge >= 0.3 is 0 Å². The molecule has 102 valence electrons. The van der Waals surface area contributed by atoms with Gasteiger partial charge in [0.2, 0.25) is 0 Å². The first kappa shape index (κ1) is 14.3. The first-order chi connectivity index (χ1) is 9.31. The Labute approximate surface area is 121 Å². The van der Waals surface area contributed by atoms with Crippen LogP contribution in [-0.2, 0) is 6.42 Å². The standard InChI is InChI=1S/C17H22ClN/c1-2-3-4-5-6-7-8-14-11-12-19-17-13-15(18)9-10-16(14)17/h9-13H,2-8H2,1H3. The lowest BCUT2D eigenvalue weighted by atomic mass is 10.0. The first-order valence-corrected chi connectivity index (χ1v) is 7.72. The molecular formula is C17H22ClN. The maximum atomic E-state index is 6.01. The molecule has 0 N–H and O–H groups in total. The van der Waals surface area contributed by atoms with Crippen LogP contribution in [0.2, 0.25) is 5.02 Å². The summed E-state index contributed by atoms with van der Waals surface area (Å²) in [6.07, 6.45) is 11.1. The average molecular weight is 276 g/mol. The minimum absolute atomic E-state index is 0.761. The van der Waals surface area contributed by atoms with Crippen LogP contribution in [0, 0.1) is 0 Å². The number of halogens is 1. The van der Waals surface area contributed by atoms with Crippen molar-refractivity contribution in [2.45, 2.75) is 51.9 Å². The number of pyridine rings is 1. The second kappa shape index (κ2) is 7.49. The summed E-state index contributed by atoms with van der Waals surface area (Å²) in [5.41, 5.74) is 2.41. The Hall–Kier alpha value is -1.08. The predicted molar refractivity (Wildman–Crippen MR) is 83.8 cm³/mol. The van der Waals surface area contributed by atoms with E-state index in [1.54, 1.807) is 0 Å². The molecule has 0 spiro atoms. The maximum Gasteiger partial charge on any atom is 0.0719 e. The summed E-state index contributed by atoms with van der Waals surface area (Å²) in [6, 6.07) is 8.14. The van der Waals surface area contributed by atoms with E-state index >= 15 is 0 Å². The topological polar surface area (TPSA) is 12.9 Å². The van der Waals surface area contributed by atoms with Crippen molar-refractivity contribution in [1.29, 1.82) is 0 Å². The lowest BCUT2D eigenvalue weighted by molar-refractivity contribution is 0.608. The second-order valence-corrected chi connectivity index (χ2v) is 5.59. The number of rotatable bonds is 7. The first-order valence-electron chi connectivity index (χ1n) is 7.34. The van der Waals surface area contributed by atoms with E-state index in [9.17, 15) is 0 Å². The minimum Gasteiger partial charge on any atom is -0.256 e. The number of fused-ring (bicyclic) bond motifs is 1. The molecule has 0 unspecified atom stereocenters. The Balaban J connectivity index is 1.93. The van der Waals surface area contributed by atoms with Crippen LogP contribution in [0.3, 0.4) is 0 Å². The molecular weight excluding hydrogens is 254 g/mol. The number of unbranched alkanes of at least 4 members (excludes halogenated alkanes) is 5. The zero-order valence-electron chi connectivity index (χ0n) is 11.7. The van der Waals surface area contributed by atoms with Crippen LogP contribution in [0.5, 0.6) is 0 Å². The molecule has 19 heavy (non-hydrogen) atoms. The Morgan fingerprint density at radius 3 is 2.63 bits per heavy atom. The lowest BCUT2D eigenvalue weighted by Crippen LogP contribution is -1.90. The third-order valence-corrected chi connectivity index (χ3v) is 3.83. The fourth-order valence-corrected chi connectivity index (χ4v) is 2.66. The van der Waals surface area contributed by atoms with Crippen molar-refractivity contribution in [2.75, 3.05) is 0 Å². The molecule has 0 aliphatic rings. The fourth-order valence-electron chi connectivity index (χ4n) is 2.49. The average Bonchev–Trinajstić information content (AvgIpc) is 2.42. The van der Waals surface area contributed by atoms with Crippen molar-refractivity contribution < 1.29 is 0 Å². The molecule has 0 aliphatic carbocycles. The summed E-state index contributed by atoms with van der Waals surface area (Å²) in [5.74, 6) is 0. The predicted octanol–water partition coefficient (Wildman–Crippen LogP) is 5.79. The molecule has 0 saturated carbocycles. The smallest absolute Gasteiger partial charge is 0.0719 e. The van der Waals surface area contributed by atoms with Crippen LogP contribution >= 0.6 is 11.6 Å². The maximum absolute atomic E-state index is 6.01. The molecule has 2 aromatic rings. The molecule has 0 fully saturated rings. The van der Waals surface area contributed by atoms with Crippen LogP contribution in [0.1, 0.15) is 51.0 Å². The molecule has 1 heterocycles. The van der Waals surface area contributed by atoms with Crippen LogP contribution in [-0.4, -0.2) is 4.98 Å². The van der Waals surface area contributed by atoms with Gasteiger partial charge in [-0.3, -0.25) is 4.98 Å². The quantitative estimate of drug-likeness (QED) is 0.583. The summed E-state index contributed by atoms with van der Waals surface area (Å²) in [7, 11) is 0. The van der Waals surface area contributed by atoms with Gasteiger partial charge in [-0.15, -0.1) is 0 Å². The Morgan fingerprint density at radius 2 is 1.79 bits per heavy atom. The van der Waals surface area contributed by atoms with E-state index in [2.05, 4.69) is 24.0 Å². The van der Waals surface area contributed by atoms with Crippen LogP contribution in [0.25, 0.3) is 10.9 Å². The van der Waals surface area contributed by atoms with E-state index in [1.165, 1.54) is 49.5 Å². The Morgan fingerprint density at radius 1 is 1.00 bits per heavy atom. The molecule has 0 amide bonds. The van der Waals surface area contributed by atoms with Gasteiger partial charge in [0.25, 0.3) is 0 Å². The number of hydrogen-bond donors (Lipinski definition) is 0. The van der Waals surface area contributed by atoms with Gasteiger partial charge < -0.3 is 0 Å². The van der Waals surface area contributed by atoms with Gasteiger partial charge in [0, 0.05) is 16.6 Å². The summed E-state index contributed by atoms with van der Waals surface area (Å²) in [5, 5.41) is 2.01. The highest BCUT2D eigenvalue weighted by Gasteiger charge is 2.02. The molecule has 1 aromatic carbocycles. The molecule has 0 bridgehead atoms. The fraction of sp³-hybridized carbons (Fsp3) is 0.471. The number of nitrogens with zero attached hydrogens (tertiary/aromatic N) is 1. The zero-order valence-corrected chi connectivity index (χ0v) is 12.4. The van der Waals surface area contributed by atoms with Gasteiger partial charge in [-0.25, -0.2) is 0 Å². The number of benzene rings is 1. The Bertz CT molecular complexity index is 522. The van der Waals surface area contributed by atoms with Gasteiger partial charge in [0.05, 0.1) is 5.52 Å². The number of aryl methyl sites for hydroxylation is 1. The highest BCUT2D eigenvalue weighted by molar-refractivity contribution is 6.31. The molecule has 1 aromatic heterocycles. The molecule has 0 radical (unpaired) electrons. The largest absolute Gasteiger partial charge is 0.256 e. The summed E-state index contributed by atoms with van der Waals surface area (Å²) >= 11 is 6.01. The van der Waals surface area contributed by atoms with E-state index < -0.39 is 0 Å². The van der Waals surface area contributed by atoms with Crippen LogP contribution < -0.4 is 0 Å². The molecule has 2 heteroatoms. The third-order valence-electron chi connectivity index (χ3n) is 3.59. The SMILES string of the molecule is CCCCCCCCc1ccnc2cc(Cl)ccc12. The van der Waals surface area contributed by atoms with E-state index in [-0.39, 0.29) is 0 Å². The van der Waals surface area contributed by atoms with Crippen molar-refractivity contribution in [3.05, 3.63) is 41.0 Å². The monoisotopic (exact) mass is 275 g/mol. The van der Waals surface area contributed by atoms with Gasteiger partial charge in [-0.1, -0.05) is 56.7 Å². The minimum atomic E-state index is 0.761. The van der Waals surface area contributed by atoms with Crippen molar-refractivity contribution in [3.63, 3.8) is 0 Å². The molecule has 2 rings (SSSR count). The number of hydrogen-bond acceptors (Lipinski definition) is 1. The van der Waals surface area contributed by atoms with Crippen molar-refractivity contribution in [2.24, 2.45) is 0 Å². The van der Waals surface area contributed by atoms with Crippen molar-refractivity contribution in [3.8, 4) is 0 Å². The third kappa shape index (κ3) is 4.21. The van der Waals surface area contributed by atoms with E-state index in [1.807, 2.05) is 18.3 Å². The van der Waals surface area contributed by atoms with Crippen LogP contribution in [0.15, 0.2) is 30.5 Å². The van der Waals surface area contributed by atoms with E-state index in [0.29, 0.717) is 0 Å². The van der Waals surface area contributed by atoms with Crippen molar-refractivity contribution in [1.82, 2.24) is 4.98 Å². The van der Waals surface area contributed by atoms with Gasteiger partial charge in [0.15, 0.2) is 0 Å². The molecule has 1 nitrogen and oxygen atoms in total. The number of aromatic nitrogens is 1. The summed E-state index contributed by atoms with van der Waals surface area (Å²) < 4.78 is 0. The van der Waals surface area contributed by atoms with Crippen LogP contribution in [0.4, 0.5) is 0 Å². The molecule has 0 aliphatic heterocycles. The van der Waals surface area contributed by atoms with E-state index in [4.69, 9.17) is 11.6 Å². The lowest BCUT2D eigenvalue weighted by Gasteiger charge is -2.06. The Kier molecular flexibility index (Phi) is 5.65.